The van der Waals surface area contributed by atoms with Gasteiger partial charge in [-0.15, -0.1) is 0 Å². The zero-order valence-electron chi connectivity index (χ0n) is 8.00. The molecule has 0 bridgehead atoms. The van der Waals surface area contributed by atoms with Crippen molar-refractivity contribution in [2.75, 3.05) is 0 Å². The Morgan fingerprint density at radius 3 is 2.73 bits per heavy atom. The second-order valence-corrected chi connectivity index (χ2v) is 3.22. The molecule has 0 fully saturated rings. The Morgan fingerprint density at radius 1 is 1.27 bits per heavy atom. The van der Waals surface area contributed by atoms with E-state index in [-0.39, 0.29) is 5.82 Å². The van der Waals surface area contributed by atoms with Crippen molar-refractivity contribution in [2.24, 2.45) is 0 Å². The molecule has 15 heavy (non-hydrogen) atoms. The predicted octanol–water partition coefficient (Wildman–Crippen LogP) is 3.49. The van der Waals surface area contributed by atoms with Crippen LogP contribution in [0.4, 0.5) is 4.39 Å². The summed E-state index contributed by atoms with van der Waals surface area (Å²) in [5, 5.41) is 10.0. The molecule has 0 N–H and O–H groups in total. The van der Waals surface area contributed by atoms with Crippen LogP contribution in [0.3, 0.4) is 0 Å². The van der Waals surface area contributed by atoms with Gasteiger partial charge in [0.15, 0.2) is 0 Å². The summed E-state index contributed by atoms with van der Waals surface area (Å²) in [6.45, 7) is 3.65. The number of nitrogens with zero attached hydrogens (tertiary/aromatic N) is 1. The Balaban J connectivity index is 2.94. The summed E-state index contributed by atoms with van der Waals surface area (Å²) in [6, 6.07) is 10.1. The Bertz CT molecular complexity index is 579. The fraction of sp³-hybridized carbons (Fsp3) is 0. The fourth-order valence-electron chi connectivity index (χ4n) is 1.61. The molecule has 0 radical (unpaired) electrons. The van der Waals surface area contributed by atoms with Gasteiger partial charge in [-0.2, -0.15) is 5.26 Å². The van der Waals surface area contributed by atoms with Crippen LogP contribution in [0.5, 0.6) is 0 Å². The molecule has 0 aromatic heterocycles. The van der Waals surface area contributed by atoms with Crippen molar-refractivity contribution in [1.29, 1.82) is 5.26 Å². The zero-order valence-corrected chi connectivity index (χ0v) is 8.00. The van der Waals surface area contributed by atoms with E-state index in [0.717, 1.165) is 10.9 Å². The number of hydrogen-bond acceptors (Lipinski definition) is 1. The van der Waals surface area contributed by atoms with Crippen LogP contribution in [0.15, 0.2) is 36.9 Å². The van der Waals surface area contributed by atoms with Crippen LogP contribution in [-0.4, -0.2) is 0 Å². The third-order valence-corrected chi connectivity index (χ3v) is 2.32. The van der Waals surface area contributed by atoms with Crippen LogP contribution in [0.25, 0.3) is 16.8 Å². The average molecular weight is 197 g/mol. The average Bonchev–Trinajstić information content (AvgIpc) is 2.28. The molecule has 2 rings (SSSR count). The van der Waals surface area contributed by atoms with Gasteiger partial charge in [-0.05, 0) is 29.1 Å². The maximum absolute atomic E-state index is 13.5. The van der Waals surface area contributed by atoms with Crippen LogP contribution < -0.4 is 0 Å². The lowest BCUT2D eigenvalue weighted by Crippen LogP contribution is -1.85. The van der Waals surface area contributed by atoms with Gasteiger partial charge in [-0.1, -0.05) is 24.8 Å². The van der Waals surface area contributed by atoms with Gasteiger partial charge >= 0.3 is 0 Å². The van der Waals surface area contributed by atoms with E-state index < -0.39 is 0 Å². The first kappa shape index (κ1) is 9.42. The molecular weight excluding hydrogens is 189 g/mol. The van der Waals surface area contributed by atoms with Crippen LogP contribution >= 0.6 is 0 Å². The van der Waals surface area contributed by atoms with E-state index in [1.807, 2.05) is 12.1 Å². The van der Waals surface area contributed by atoms with Crippen molar-refractivity contribution in [3.8, 4) is 6.07 Å². The smallest absolute Gasteiger partial charge is 0.131 e. The normalized spacial score (nSPS) is 9.87. The third kappa shape index (κ3) is 1.49. The SMILES string of the molecule is C=Cc1cc(C#N)cc2c(F)cccc12. The van der Waals surface area contributed by atoms with E-state index in [1.54, 1.807) is 24.3 Å². The summed E-state index contributed by atoms with van der Waals surface area (Å²) in [7, 11) is 0. The van der Waals surface area contributed by atoms with E-state index in [9.17, 15) is 4.39 Å². The second kappa shape index (κ2) is 3.55. The largest absolute Gasteiger partial charge is 0.206 e. The van der Waals surface area contributed by atoms with Crippen molar-refractivity contribution in [2.45, 2.75) is 0 Å². The van der Waals surface area contributed by atoms with Gasteiger partial charge in [0.25, 0.3) is 0 Å². The highest BCUT2D eigenvalue weighted by Crippen LogP contribution is 2.24. The van der Waals surface area contributed by atoms with E-state index in [2.05, 4.69) is 6.58 Å². The third-order valence-electron chi connectivity index (χ3n) is 2.32. The number of halogens is 1. The van der Waals surface area contributed by atoms with Gasteiger partial charge in [0, 0.05) is 5.39 Å². The molecule has 0 saturated heterocycles. The van der Waals surface area contributed by atoms with Gasteiger partial charge in [-0.25, -0.2) is 4.39 Å². The minimum absolute atomic E-state index is 0.312. The van der Waals surface area contributed by atoms with Crippen molar-refractivity contribution >= 4 is 16.8 Å². The number of benzene rings is 2. The van der Waals surface area contributed by atoms with Gasteiger partial charge in [-0.3, -0.25) is 0 Å². The molecular formula is C13H8FN. The number of rotatable bonds is 1. The van der Waals surface area contributed by atoms with Gasteiger partial charge < -0.3 is 0 Å². The molecule has 0 amide bonds. The van der Waals surface area contributed by atoms with Crippen LogP contribution in [0.2, 0.25) is 0 Å². The highest BCUT2D eigenvalue weighted by atomic mass is 19.1. The maximum Gasteiger partial charge on any atom is 0.131 e. The quantitative estimate of drug-likeness (QED) is 0.686. The Kier molecular flexibility index (Phi) is 2.23. The zero-order chi connectivity index (χ0) is 10.8. The summed E-state index contributed by atoms with van der Waals surface area (Å²) < 4.78 is 13.5. The van der Waals surface area contributed by atoms with Crippen molar-refractivity contribution in [3.63, 3.8) is 0 Å². The lowest BCUT2D eigenvalue weighted by Gasteiger charge is -2.03. The molecule has 2 heteroatoms. The molecule has 0 saturated carbocycles. The summed E-state index contributed by atoms with van der Waals surface area (Å²) in [6.07, 6.45) is 1.63. The highest BCUT2D eigenvalue weighted by molar-refractivity contribution is 5.92. The summed E-state index contributed by atoms with van der Waals surface area (Å²) in [4.78, 5) is 0. The minimum atomic E-state index is -0.312. The molecule has 2 aromatic rings. The topological polar surface area (TPSA) is 23.8 Å². The standard InChI is InChI=1S/C13H8FN/c1-2-10-6-9(8-15)7-12-11(10)4-3-5-13(12)14/h2-7H,1H2. The molecule has 0 atom stereocenters. The first-order valence-electron chi connectivity index (χ1n) is 4.51. The molecule has 0 unspecified atom stereocenters. The molecule has 0 aliphatic heterocycles. The number of fused-ring (bicyclic) bond motifs is 1. The second-order valence-electron chi connectivity index (χ2n) is 3.22. The lowest BCUT2D eigenvalue weighted by molar-refractivity contribution is 0.640. The molecule has 0 heterocycles. The van der Waals surface area contributed by atoms with Gasteiger partial charge in [0.1, 0.15) is 5.82 Å². The van der Waals surface area contributed by atoms with Crippen molar-refractivity contribution < 1.29 is 4.39 Å². The molecule has 1 nitrogen and oxygen atoms in total. The summed E-state index contributed by atoms with van der Waals surface area (Å²) in [5.41, 5.74) is 1.23. The van der Waals surface area contributed by atoms with E-state index >= 15 is 0 Å². The highest BCUT2D eigenvalue weighted by Gasteiger charge is 2.05. The Labute approximate surface area is 87.1 Å². The van der Waals surface area contributed by atoms with Gasteiger partial charge in [0.05, 0.1) is 11.6 Å². The maximum atomic E-state index is 13.5. The summed E-state index contributed by atoms with van der Waals surface area (Å²) in [5.74, 6) is -0.312. The molecule has 2 aromatic carbocycles. The van der Waals surface area contributed by atoms with E-state index in [4.69, 9.17) is 5.26 Å². The Hall–Kier alpha value is -2.14. The number of nitriles is 1. The van der Waals surface area contributed by atoms with Gasteiger partial charge in [0.2, 0.25) is 0 Å². The molecule has 72 valence electrons. The minimum Gasteiger partial charge on any atom is -0.206 e. The first-order valence-corrected chi connectivity index (χ1v) is 4.51. The monoisotopic (exact) mass is 197 g/mol. The summed E-state index contributed by atoms with van der Waals surface area (Å²) >= 11 is 0. The van der Waals surface area contributed by atoms with Crippen molar-refractivity contribution in [3.05, 3.63) is 53.9 Å². The van der Waals surface area contributed by atoms with E-state index in [0.29, 0.717) is 10.9 Å². The predicted molar refractivity (Wildman–Crippen MR) is 58.7 cm³/mol. The fourth-order valence-corrected chi connectivity index (χ4v) is 1.61. The molecule has 0 spiro atoms. The molecule has 0 aliphatic carbocycles. The van der Waals surface area contributed by atoms with Crippen LogP contribution in [0.1, 0.15) is 11.1 Å². The van der Waals surface area contributed by atoms with Crippen LogP contribution in [-0.2, 0) is 0 Å². The lowest BCUT2D eigenvalue weighted by atomic mass is 10.0. The Morgan fingerprint density at radius 2 is 2.07 bits per heavy atom. The first-order chi connectivity index (χ1) is 7.26. The van der Waals surface area contributed by atoms with Crippen LogP contribution in [0, 0.1) is 17.1 Å². The van der Waals surface area contributed by atoms with E-state index in [1.165, 1.54) is 6.07 Å². The number of hydrogen-bond donors (Lipinski definition) is 0. The molecule has 0 aliphatic rings. The van der Waals surface area contributed by atoms with Crippen molar-refractivity contribution in [1.82, 2.24) is 0 Å².